The number of aromatic carboxylic acids is 1. The molecule has 1 aromatic heterocycles. The summed E-state index contributed by atoms with van der Waals surface area (Å²) in [6.45, 7) is 5.27. The highest BCUT2D eigenvalue weighted by Gasteiger charge is 2.22. The smallest absolute Gasteiger partial charge is 0.337 e. The van der Waals surface area contributed by atoms with Gasteiger partial charge in [-0.1, -0.05) is 23.7 Å². The molecule has 6 nitrogen and oxygen atoms in total. The van der Waals surface area contributed by atoms with Crippen LogP contribution in [0.25, 0.3) is 0 Å². The van der Waals surface area contributed by atoms with E-state index in [2.05, 4.69) is 16.3 Å². The van der Waals surface area contributed by atoms with Gasteiger partial charge in [-0.25, -0.2) is 4.79 Å². The molecule has 0 aliphatic carbocycles. The Balaban J connectivity index is 1.45. The van der Waals surface area contributed by atoms with E-state index in [-0.39, 0.29) is 17.9 Å². The maximum atomic E-state index is 12.4. The number of hydrogen-bond acceptors (Lipinski definition) is 3. The summed E-state index contributed by atoms with van der Waals surface area (Å²) < 4.78 is 1.73. The zero-order valence-corrected chi connectivity index (χ0v) is 17.7. The predicted molar refractivity (Wildman–Crippen MR) is 113 cm³/mol. The van der Waals surface area contributed by atoms with Crippen LogP contribution in [0.15, 0.2) is 30.5 Å². The van der Waals surface area contributed by atoms with Crippen molar-refractivity contribution in [1.82, 2.24) is 14.8 Å². The van der Waals surface area contributed by atoms with Gasteiger partial charge in [0.25, 0.3) is 0 Å². The van der Waals surface area contributed by atoms with Gasteiger partial charge in [0, 0.05) is 37.1 Å². The van der Waals surface area contributed by atoms with Crippen LogP contribution in [0.2, 0.25) is 5.02 Å². The van der Waals surface area contributed by atoms with E-state index >= 15 is 0 Å². The number of amides is 1. The van der Waals surface area contributed by atoms with Crippen LogP contribution in [0.5, 0.6) is 0 Å². The Morgan fingerprint density at radius 2 is 2.00 bits per heavy atom. The van der Waals surface area contributed by atoms with Crippen molar-refractivity contribution in [3.05, 3.63) is 57.9 Å². The van der Waals surface area contributed by atoms with E-state index in [9.17, 15) is 14.7 Å². The van der Waals surface area contributed by atoms with Crippen LogP contribution >= 0.6 is 11.6 Å². The van der Waals surface area contributed by atoms with Gasteiger partial charge in [0.05, 0.1) is 12.0 Å². The van der Waals surface area contributed by atoms with Crippen molar-refractivity contribution in [2.45, 2.75) is 32.7 Å². The minimum absolute atomic E-state index is 0.0829. The normalized spacial score (nSPS) is 15.4. The number of carbonyl (C=O) groups is 2. The standard InChI is InChI=1S/C22H28ClN3O3/c1-15-13-25(2)19(21(15)22(28)29)11-20(27)24-12-16-6-8-26(9-7-16)14-17-4-3-5-18(23)10-17/h3-5,10,13,16H,6-9,11-12,14H2,1-2H3,(H,24,27)(H,28,29). The number of carbonyl (C=O) groups excluding carboxylic acids is 1. The van der Waals surface area contributed by atoms with Gasteiger partial charge in [0.1, 0.15) is 0 Å². The SMILES string of the molecule is Cc1cn(C)c(CC(=O)NCC2CCN(Cc3cccc(Cl)c3)CC2)c1C(=O)O. The maximum absolute atomic E-state index is 12.4. The molecule has 1 saturated heterocycles. The third-order valence-electron chi connectivity index (χ3n) is 5.63. The van der Waals surface area contributed by atoms with Crippen molar-refractivity contribution in [2.75, 3.05) is 19.6 Å². The number of benzene rings is 1. The van der Waals surface area contributed by atoms with Gasteiger partial charge in [-0.15, -0.1) is 0 Å². The maximum Gasteiger partial charge on any atom is 0.337 e. The summed E-state index contributed by atoms with van der Waals surface area (Å²) in [5, 5.41) is 13.2. The molecule has 29 heavy (non-hydrogen) atoms. The molecule has 1 amide bonds. The summed E-state index contributed by atoms with van der Waals surface area (Å²) in [4.78, 5) is 26.3. The second kappa shape index (κ2) is 9.46. The molecule has 0 bridgehead atoms. The predicted octanol–water partition coefficient (Wildman–Crippen LogP) is 3.26. The van der Waals surface area contributed by atoms with E-state index in [1.807, 2.05) is 18.2 Å². The molecule has 2 aromatic rings. The molecule has 2 heterocycles. The number of carboxylic acids is 1. The third kappa shape index (κ3) is 5.61. The summed E-state index contributed by atoms with van der Waals surface area (Å²) in [5.74, 6) is -0.670. The van der Waals surface area contributed by atoms with Gasteiger partial charge >= 0.3 is 5.97 Å². The molecular formula is C22H28ClN3O3. The molecule has 0 atom stereocenters. The summed E-state index contributed by atoms with van der Waals surface area (Å²) in [5.41, 5.74) is 2.67. The fraction of sp³-hybridized carbons (Fsp3) is 0.455. The highest BCUT2D eigenvalue weighted by molar-refractivity contribution is 6.30. The van der Waals surface area contributed by atoms with Crippen molar-refractivity contribution in [2.24, 2.45) is 13.0 Å². The average molecular weight is 418 g/mol. The molecule has 0 radical (unpaired) electrons. The zero-order valence-electron chi connectivity index (χ0n) is 16.9. The Hall–Kier alpha value is -2.31. The Labute approximate surface area is 176 Å². The molecule has 1 aliphatic rings. The Morgan fingerprint density at radius 1 is 1.28 bits per heavy atom. The molecule has 2 N–H and O–H groups in total. The first-order valence-corrected chi connectivity index (χ1v) is 10.3. The first kappa shape index (κ1) is 21.4. The quantitative estimate of drug-likeness (QED) is 0.725. The van der Waals surface area contributed by atoms with E-state index in [1.165, 1.54) is 5.56 Å². The number of aromatic nitrogens is 1. The number of nitrogens with one attached hydrogen (secondary N) is 1. The van der Waals surface area contributed by atoms with Crippen molar-refractivity contribution < 1.29 is 14.7 Å². The van der Waals surface area contributed by atoms with Gasteiger partial charge < -0.3 is 15.0 Å². The molecular weight excluding hydrogens is 390 g/mol. The number of nitrogens with zero attached hydrogens (tertiary/aromatic N) is 2. The molecule has 1 aliphatic heterocycles. The molecule has 1 aromatic carbocycles. The van der Waals surface area contributed by atoms with Crippen LogP contribution in [0.4, 0.5) is 0 Å². The third-order valence-corrected chi connectivity index (χ3v) is 5.86. The second-order valence-corrected chi connectivity index (χ2v) is 8.32. The van der Waals surface area contributed by atoms with Crippen molar-refractivity contribution in [3.63, 3.8) is 0 Å². The highest BCUT2D eigenvalue weighted by Crippen LogP contribution is 2.20. The zero-order chi connectivity index (χ0) is 21.0. The van der Waals surface area contributed by atoms with Crippen molar-refractivity contribution in [3.8, 4) is 0 Å². The lowest BCUT2D eigenvalue weighted by Gasteiger charge is -2.32. The first-order valence-electron chi connectivity index (χ1n) is 9.95. The van der Waals surface area contributed by atoms with Gasteiger partial charge in [0.2, 0.25) is 5.91 Å². The van der Waals surface area contributed by atoms with Gasteiger partial charge in [-0.3, -0.25) is 9.69 Å². The Bertz CT molecular complexity index is 885. The van der Waals surface area contributed by atoms with Crippen LogP contribution in [-0.4, -0.2) is 46.1 Å². The topological polar surface area (TPSA) is 74.6 Å². The molecule has 1 fully saturated rings. The second-order valence-electron chi connectivity index (χ2n) is 7.88. The Morgan fingerprint density at radius 3 is 2.66 bits per heavy atom. The number of hydrogen-bond donors (Lipinski definition) is 2. The van der Waals surface area contributed by atoms with Gasteiger partial charge in [-0.2, -0.15) is 0 Å². The van der Waals surface area contributed by atoms with Crippen molar-refractivity contribution in [1.29, 1.82) is 0 Å². The Kier molecular flexibility index (Phi) is 6.98. The number of carboxylic acid groups (broad SMARTS) is 1. The largest absolute Gasteiger partial charge is 0.478 e. The van der Waals surface area contributed by atoms with E-state index in [0.717, 1.165) is 37.5 Å². The summed E-state index contributed by atoms with van der Waals surface area (Å²) >= 11 is 6.06. The summed E-state index contributed by atoms with van der Waals surface area (Å²) in [6, 6.07) is 7.96. The lowest BCUT2D eigenvalue weighted by Crippen LogP contribution is -2.38. The van der Waals surface area contributed by atoms with Crippen LogP contribution in [0, 0.1) is 12.8 Å². The van der Waals surface area contributed by atoms with E-state index in [1.54, 1.807) is 24.7 Å². The van der Waals surface area contributed by atoms with Crippen LogP contribution in [0.3, 0.4) is 0 Å². The highest BCUT2D eigenvalue weighted by atomic mass is 35.5. The van der Waals surface area contributed by atoms with Gasteiger partial charge in [-0.05, 0) is 62.0 Å². The number of aryl methyl sites for hydroxylation is 2. The number of likely N-dealkylation sites (tertiary alicyclic amines) is 1. The minimum Gasteiger partial charge on any atom is -0.478 e. The lowest BCUT2D eigenvalue weighted by molar-refractivity contribution is -0.120. The lowest BCUT2D eigenvalue weighted by atomic mass is 9.96. The molecule has 0 spiro atoms. The van der Waals surface area contributed by atoms with Gasteiger partial charge in [0.15, 0.2) is 0 Å². The summed E-state index contributed by atoms with van der Waals surface area (Å²) in [6.07, 6.45) is 3.90. The average Bonchev–Trinajstić information content (AvgIpc) is 2.94. The monoisotopic (exact) mass is 417 g/mol. The van der Waals surface area contributed by atoms with E-state index in [4.69, 9.17) is 11.6 Å². The van der Waals surface area contributed by atoms with Crippen LogP contribution in [0.1, 0.15) is 40.0 Å². The fourth-order valence-corrected chi connectivity index (χ4v) is 4.27. The first-order chi connectivity index (χ1) is 13.8. The molecule has 0 saturated carbocycles. The molecule has 0 unspecified atom stereocenters. The number of piperidine rings is 1. The number of rotatable bonds is 7. The summed E-state index contributed by atoms with van der Waals surface area (Å²) in [7, 11) is 1.78. The van der Waals surface area contributed by atoms with E-state index in [0.29, 0.717) is 23.7 Å². The molecule has 3 rings (SSSR count). The molecule has 156 valence electrons. The van der Waals surface area contributed by atoms with Crippen LogP contribution in [-0.2, 0) is 24.8 Å². The van der Waals surface area contributed by atoms with Crippen LogP contribution < -0.4 is 5.32 Å². The fourth-order valence-electron chi connectivity index (χ4n) is 4.06. The van der Waals surface area contributed by atoms with E-state index < -0.39 is 5.97 Å². The van der Waals surface area contributed by atoms with Crippen molar-refractivity contribution >= 4 is 23.5 Å². The molecule has 7 heteroatoms. The number of halogens is 1. The minimum atomic E-state index is -0.988.